The van der Waals surface area contributed by atoms with Crippen LogP contribution in [0.2, 0.25) is 0 Å². The van der Waals surface area contributed by atoms with Gasteiger partial charge in [-0.2, -0.15) is 0 Å². The Kier molecular flexibility index (Phi) is 3.78. The lowest BCUT2D eigenvalue weighted by Crippen LogP contribution is -2.12. The maximum absolute atomic E-state index is 4.34. The molecule has 0 radical (unpaired) electrons. The van der Waals surface area contributed by atoms with Crippen LogP contribution in [0.5, 0.6) is 0 Å². The molecule has 0 aliphatic heterocycles. The summed E-state index contributed by atoms with van der Waals surface area (Å²) >= 11 is 0. The van der Waals surface area contributed by atoms with E-state index in [-0.39, 0.29) is 0 Å². The highest BCUT2D eigenvalue weighted by Crippen LogP contribution is 2.24. The topological polar surface area (TPSA) is 24.9 Å². The average molecular weight is 240 g/mol. The van der Waals surface area contributed by atoms with Gasteiger partial charge in [0.25, 0.3) is 0 Å². The highest BCUT2D eigenvalue weighted by atomic mass is 14.9. The predicted molar refractivity (Wildman–Crippen MR) is 76.6 cm³/mol. The molecule has 1 N–H and O–H groups in total. The van der Waals surface area contributed by atoms with Gasteiger partial charge in [-0.15, -0.1) is 0 Å². The van der Waals surface area contributed by atoms with Gasteiger partial charge < -0.3 is 5.32 Å². The minimum Gasteiger partial charge on any atom is -0.313 e. The molecule has 0 saturated carbocycles. The molecular weight excluding hydrogens is 220 g/mol. The Labute approximate surface area is 109 Å². The van der Waals surface area contributed by atoms with Crippen LogP contribution in [0.3, 0.4) is 0 Å². The van der Waals surface area contributed by atoms with Crippen molar-refractivity contribution >= 4 is 0 Å². The molecule has 18 heavy (non-hydrogen) atoms. The molecular formula is C16H20N2. The minimum absolute atomic E-state index is 0.323. The fourth-order valence-corrected chi connectivity index (χ4v) is 1.94. The molecule has 2 aromatic rings. The maximum atomic E-state index is 4.34. The average Bonchev–Trinajstić information content (AvgIpc) is 2.41. The van der Waals surface area contributed by atoms with Crippen molar-refractivity contribution in [2.75, 3.05) is 7.05 Å². The summed E-state index contributed by atoms with van der Waals surface area (Å²) in [6, 6.07) is 9.08. The third-order valence-corrected chi connectivity index (χ3v) is 3.53. The minimum atomic E-state index is 0.323. The highest BCUT2D eigenvalue weighted by molar-refractivity contribution is 5.64. The summed E-state index contributed by atoms with van der Waals surface area (Å²) in [4.78, 5) is 4.34. The zero-order valence-corrected chi connectivity index (χ0v) is 11.5. The van der Waals surface area contributed by atoms with E-state index in [1.54, 1.807) is 0 Å². The number of pyridine rings is 1. The third kappa shape index (κ3) is 2.59. The van der Waals surface area contributed by atoms with Crippen molar-refractivity contribution in [1.82, 2.24) is 10.3 Å². The van der Waals surface area contributed by atoms with Crippen LogP contribution in [0.4, 0.5) is 0 Å². The number of nitrogens with one attached hydrogen (secondary N) is 1. The standard InChI is InChI=1S/C16H20N2/c1-11-5-6-14(7-12(11)2)16-8-15(9-18-10-16)13(3)17-4/h5-10,13,17H,1-4H3. The van der Waals surface area contributed by atoms with E-state index in [0.717, 1.165) is 0 Å². The van der Waals surface area contributed by atoms with Gasteiger partial charge in [0.2, 0.25) is 0 Å². The van der Waals surface area contributed by atoms with Crippen LogP contribution in [0.15, 0.2) is 36.7 Å². The second kappa shape index (κ2) is 5.32. The fraction of sp³-hybridized carbons (Fsp3) is 0.312. The molecule has 2 heteroatoms. The monoisotopic (exact) mass is 240 g/mol. The van der Waals surface area contributed by atoms with Crippen LogP contribution in [0.25, 0.3) is 11.1 Å². The first kappa shape index (κ1) is 12.8. The predicted octanol–water partition coefficient (Wildman–Crippen LogP) is 3.65. The van der Waals surface area contributed by atoms with Crippen molar-refractivity contribution in [2.24, 2.45) is 0 Å². The number of aryl methyl sites for hydroxylation is 2. The first-order chi connectivity index (χ1) is 8.61. The first-order valence-corrected chi connectivity index (χ1v) is 6.31. The number of aromatic nitrogens is 1. The lowest BCUT2D eigenvalue weighted by Gasteiger charge is -2.12. The highest BCUT2D eigenvalue weighted by Gasteiger charge is 2.06. The van der Waals surface area contributed by atoms with Crippen molar-refractivity contribution in [3.8, 4) is 11.1 Å². The molecule has 1 atom stereocenters. The molecule has 1 aromatic heterocycles. The third-order valence-electron chi connectivity index (χ3n) is 3.53. The van der Waals surface area contributed by atoms with Gasteiger partial charge in [-0.05, 0) is 56.1 Å². The molecule has 0 amide bonds. The normalized spacial score (nSPS) is 12.4. The van der Waals surface area contributed by atoms with Crippen molar-refractivity contribution < 1.29 is 0 Å². The molecule has 1 unspecified atom stereocenters. The second-order valence-electron chi connectivity index (χ2n) is 4.82. The lowest BCUT2D eigenvalue weighted by molar-refractivity contribution is 0.650. The van der Waals surface area contributed by atoms with E-state index in [4.69, 9.17) is 0 Å². The van der Waals surface area contributed by atoms with E-state index in [9.17, 15) is 0 Å². The Hall–Kier alpha value is -1.67. The summed E-state index contributed by atoms with van der Waals surface area (Å²) in [5.41, 5.74) is 6.27. The molecule has 0 aliphatic carbocycles. The molecule has 0 fully saturated rings. The quantitative estimate of drug-likeness (QED) is 0.886. The first-order valence-electron chi connectivity index (χ1n) is 6.31. The molecule has 0 bridgehead atoms. The Morgan fingerprint density at radius 2 is 1.78 bits per heavy atom. The van der Waals surface area contributed by atoms with Crippen molar-refractivity contribution in [2.45, 2.75) is 26.8 Å². The van der Waals surface area contributed by atoms with Crippen molar-refractivity contribution in [1.29, 1.82) is 0 Å². The summed E-state index contributed by atoms with van der Waals surface area (Å²) in [7, 11) is 1.97. The Balaban J connectivity index is 2.41. The number of hydrogen-bond acceptors (Lipinski definition) is 2. The molecule has 2 nitrogen and oxygen atoms in total. The lowest BCUT2D eigenvalue weighted by atomic mass is 10.00. The molecule has 1 aromatic carbocycles. The molecule has 94 valence electrons. The molecule has 0 saturated heterocycles. The Morgan fingerprint density at radius 1 is 1.00 bits per heavy atom. The van der Waals surface area contributed by atoms with Gasteiger partial charge in [0, 0.05) is 24.0 Å². The molecule has 0 spiro atoms. The van der Waals surface area contributed by atoms with Gasteiger partial charge in [0.1, 0.15) is 0 Å². The van der Waals surface area contributed by atoms with Gasteiger partial charge in [-0.25, -0.2) is 0 Å². The van der Waals surface area contributed by atoms with Gasteiger partial charge >= 0.3 is 0 Å². The molecule has 2 rings (SSSR count). The fourth-order valence-electron chi connectivity index (χ4n) is 1.94. The maximum Gasteiger partial charge on any atom is 0.0346 e. The SMILES string of the molecule is CNC(C)c1cncc(-c2ccc(C)c(C)c2)c1. The largest absolute Gasteiger partial charge is 0.313 e. The summed E-state index contributed by atoms with van der Waals surface area (Å²) in [6.07, 6.45) is 3.85. The number of nitrogens with zero attached hydrogens (tertiary/aromatic N) is 1. The van der Waals surface area contributed by atoms with Crippen LogP contribution in [-0.2, 0) is 0 Å². The van der Waals surface area contributed by atoms with Gasteiger partial charge in [-0.1, -0.05) is 18.2 Å². The molecule has 1 heterocycles. The smallest absolute Gasteiger partial charge is 0.0346 e. The summed E-state index contributed by atoms with van der Waals surface area (Å²) in [5.74, 6) is 0. The number of hydrogen-bond donors (Lipinski definition) is 1. The zero-order chi connectivity index (χ0) is 13.1. The zero-order valence-electron chi connectivity index (χ0n) is 11.5. The summed E-state index contributed by atoms with van der Waals surface area (Å²) < 4.78 is 0. The van der Waals surface area contributed by atoms with Crippen LogP contribution in [0, 0.1) is 13.8 Å². The van der Waals surface area contributed by atoms with E-state index < -0.39 is 0 Å². The van der Waals surface area contributed by atoms with Crippen LogP contribution >= 0.6 is 0 Å². The van der Waals surface area contributed by atoms with Gasteiger partial charge in [-0.3, -0.25) is 4.98 Å². The van der Waals surface area contributed by atoms with E-state index in [2.05, 4.69) is 55.3 Å². The van der Waals surface area contributed by atoms with E-state index in [0.29, 0.717) is 6.04 Å². The molecule has 0 aliphatic rings. The van der Waals surface area contributed by atoms with Crippen molar-refractivity contribution in [3.63, 3.8) is 0 Å². The Bertz CT molecular complexity index is 547. The van der Waals surface area contributed by atoms with Crippen LogP contribution < -0.4 is 5.32 Å². The summed E-state index contributed by atoms with van der Waals surface area (Å²) in [6.45, 7) is 6.42. The number of rotatable bonds is 3. The summed E-state index contributed by atoms with van der Waals surface area (Å²) in [5, 5.41) is 3.24. The van der Waals surface area contributed by atoms with Crippen LogP contribution in [-0.4, -0.2) is 12.0 Å². The second-order valence-corrected chi connectivity index (χ2v) is 4.82. The van der Waals surface area contributed by atoms with E-state index >= 15 is 0 Å². The van der Waals surface area contributed by atoms with E-state index in [1.165, 1.54) is 27.8 Å². The van der Waals surface area contributed by atoms with Gasteiger partial charge in [0.15, 0.2) is 0 Å². The van der Waals surface area contributed by atoms with Crippen molar-refractivity contribution in [3.05, 3.63) is 53.3 Å². The van der Waals surface area contributed by atoms with E-state index in [1.807, 2.05) is 19.4 Å². The Morgan fingerprint density at radius 3 is 2.44 bits per heavy atom. The van der Waals surface area contributed by atoms with Gasteiger partial charge in [0.05, 0.1) is 0 Å². The number of benzene rings is 1. The van der Waals surface area contributed by atoms with Crippen LogP contribution in [0.1, 0.15) is 29.7 Å².